The Hall–Kier alpha value is -2.29. The van der Waals surface area contributed by atoms with Crippen LogP contribution >= 0.6 is 0 Å². The molecule has 1 heterocycles. The van der Waals surface area contributed by atoms with E-state index >= 15 is 0 Å². The van der Waals surface area contributed by atoms with Gasteiger partial charge in [0.05, 0.1) is 0 Å². The molecule has 3 rings (SSSR count). The van der Waals surface area contributed by atoms with Crippen LogP contribution in [0.3, 0.4) is 0 Å². The summed E-state index contributed by atoms with van der Waals surface area (Å²) in [5.41, 5.74) is 2.87. The van der Waals surface area contributed by atoms with Gasteiger partial charge in [0.25, 0.3) is 0 Å². The lowest BCUT2D eigenvalue weighted by molar-refractivity contribution is 0.130. The quantitative estimate of drug-likeness (QED) is 0.580. The average molecular weight is 268 g/mol. The molecule has 0 saturated carbocycles. The Bertz CT molecular complexity index is 635. The monoisotopic (exact) mass is 268 g/mol. The Balaban J connectivity index is 2.14. The van der Waals surface area contributed by atoms with Gasteiger partial charge in [-0.15, -0.1) is 0 Å². The first-order valence-electron chi connectivity index (χ1n) is 6.89. The molecule has 0 atom stereocenters. The van der Waals surface area contributed by atoms with Crippen LogP contribution in [0, 0.1) is 0 Å². The van der Waals surface area contributed by atoms with Crippen LogP contribution in [0.15, 0.2) is 53.8 Å². The van der Waals surface area contributed by atoms with Gasteiger partial charge in [-0.05, 0) is 24.5 Å². The molecule has 0 fully saturated rings. The topological polar surface area (TPSA) is 35.5 Å². The third-order valence-electron chi connectivity index (χ3n) is 3.39. The van der Waals surface area contributed by atoms with Crippen molar-refractivity contribution < 1.29 is 14.3 Å². The molecular formula is C17H16O3. The Kier molecular flexibility index (Phi) is 3.42. The van der Waals surface area contributed by atoms with Crippen molar-refractivity contribution in [1.29, 1.82) is 0 Å². The van der Waals surface area contributed by atoms with Crippen molar-refractivity contribution in [2.45, 2.75) is 26.2 Å². The predicted octanol–water partition coefficient (Wildman–Crippen LogP) is 4.61. The normalized spacial score (nSPS) is 19.1. The van der Waals surface area contributed by atoms with Crippen LogP contribution in [0.25, 0.3) is 5.57 Å². The number of para-hydroxylation sites is 1. The lowest BCUT2D eigenvalue weighted by atomic mass is 9.93. The van der Waals surface area contributed by atoms with Crippen molar-refractivity contribution in [1.82, 2.24) is 0 Å². The lowest BCUT2D eigenvalue weighted by Crippen LogP contribution is -2.10. The van der Waals surface area contributed by atoms with Gasteiger partial charge in [0.1, 0.15) is 11.5 Å². The Morgan fingerprint density at radius 1 is 1.25 bits per heavy atom. The molecule has 0 aromatic heterocycles. The number of rotatable bonds is 2. The summed E-state index contributed by atoms with van der Waals surface area (Å²) in [6, 6.07) is 7.50. The van der Waals surface area contributed by atoms with Crippen LogP contribution < -0.4 is 4.74 Å². The molecule has 0 unspecified atom stereocenters. The number of fused-ring (bicyclic) bond motifs is 2. The third kappa shape index (κ3) is 2.27. The first-order valence-corrected chi connectivity index (χ1v) is 6.89. The van der Waals surface area contributed by atoms with Crippen LogP contribution in [0.5, 0.6) is 5.75 Å². The molecule has 0 radical (unpaired) electrons. The van der Waals surface area contributed by atoms with Gasteiger partial charge in [0.15, 0.2) is 0 Å². The van der Waals surface area contributed by atoms with Crippen molar-refractivity contribution >= 4 is 11.7 Å². The maximum atomic E-state index is 11.8. The van der Waals surface area contributed by atoms with E-state index in [2.05, 4.69) is 19.1 Å². The van der Waals surface area contributed by atoms with Gasteiger partial charge in [-0.1, -0.05) is 49.8 Å². The third-order valence-corrected chi connectivity index (χ3v) is 3.39. The Morgan fingerprint density at radius 2 is 2.10 bits per heavy atom. The van der Waals surface area contributed by atoms with Crippen molar-refractivity contribution in [2.24, 2.45) is 0 Å². The zero-order chi connectivity index (χ0) is 13.9. The van der Waals surface area contributed by atoms with Crippen molar-refractivity contribution in [3.8, 4) is 5.75 Å². The summed E-state index contributed by atoms with van der Waals surface area (Å²) in [5.74, 6) is 1.18. The smallest absolute Gasteiger partial charge is 0.394 e. The number of allylic oxidation sites excluding steroid dienone is 5. The predicted molar refractivity (Wildman–Crippen MR) is 77.2 cm³/mol. The SMILES string of the molecule is CCCC=C1CC=CC2=C1OC(=O)Oc1ccccc12. The maximum Gasteiger partial charge on any atom is 0.519 e. The molecule has 1 aromatic rings. The van der Waals surface area contributed by atoms with Crippen molar-refractivity contribution in [2.75, 3.05) is 0 Å². The molecule has 1 aromatic carbocycles. The molecule has 1 aliphatic carbocycles. The summed E-state index contributed by atoms with van der Waals surface area (Å²) in [6.07, 6.45) is 8.39. The van der Waals surface area contributed by atoms with Gasteiger partial charge >= 0.3 is 6.16 Å². The van der Waals surface area contributed by atoms with Crippen LogP contribution in [0.2, 0.25) is 0 Å². The minimum absolute atomic E-state index is 0.545. The Morgan fingerprint density at radius 3 is 2.95 bits per heavy atom. The van der Waals surface area contributed by atoms with E-state index in [1.165, 1.54) is 0 Å². The average Bonchev–Trinajstić information content (AvgIpc) is 2.61. The van der Waals surface area contributed by atoms with E-state index in [-0.39, 0.29) is 0 Å². The molecule has 0 saturated heterocycles. The zero-order valence-electron chi connectivity index (χ0n) is 11.4. The largest absolute Gasteiger partial charge is 0.519 e. The number of unbranched alkanes of at least 4 members (excludes halogenated alkanes) is 1. The van der Waals surface area contributed by atoms with E-state index in [4.69, 9.17) is 9.47 Å². The second-order valence-corrected chi connectivity index (χ2v) is 4.82. The fraction of sp³-hybridized carbons (Fsp3) is 0.235. The van der Waals surface area contributed by atoms with Gasteiger partial charge in [0.2, 0.25) is 0 Å². The molecular weight excluding hydrogens is 252 g/mol. The highest BCUT2D eigenvalue weighted by Crippen LogP contribution is 2.38. The summed E-state index contributed by atoms with van der Waals surface area (Å²) in [7, 11) is 0. The van der Waals surface area contributed by atoms with Gasteiger partial charge < -0.3 is 9.47 Å². The molecule has 0 spiro atoms. The highest BCUT2D eigenvalue weighted by molar-refractivity contribution is 5.87. The van der Waals surface area contributed by atoms with Gasteiger partial charge in [-0.25, -0.2) is 4.79 Å². The molecule has 3 nitrogen and oxygen atoms in total. The maximum absolute atomic E-state index is 11.8. The summed E-state index contributed by atoms with van der Waals surface area (Å²) >= 11 is 0. The van der Waals surface area contributed by atoms with Crippen LogP contribution in [0.1, 0.15) is 31.7 Å². The zero-order valence-corrected chi connectivity index (χ0v) is 11.4. The second-order valence-electron chi connectivity index (χ2n) is 4.82. The molecule has 2 aliphatic rings. The van der Waals surface area contributed by atoms with E-state index in [9.17, 15) is 4.79 Å². The molecule has 20 heavy (non-hydrogen) atoms. The standard InChI is InChI=1S/C17H16O3/c1-2-3-7-12-8-6-10-14-13-9-4-5-11-15(13)19-17(18)20-16(12)14/h4-7,9-11H,2-3,8H2,1H3. The van der Waals surface area contributed by atoms with Gasteiger partial charge in [-0.3, -0.25) is 0 Å². The first kappa shape index (κ1) is 12.7. The van der Waals surface area contributed by atoms with Crippen LogP contribution in [-0.4, -0.2) is 6.16 Å². The van der Waals surface area contributed by atoms with E-state index in [1.807, 2.05) is 24.3 Å². The van der Waals surface area contributed by atoms with Crippen molar-refractivity contribution in [3.63, 3.8) is 0 Å². The molecule has 102 valence electrons. The second kappa shape index (κ2) is 5.37. The lowest BCUT2D eigenvalue weighted by Gasteiger charge is -2.16. The molecule has 3 heteroatoms. The first-order chi connectivity index (χ1) is 9.79. The molecule has 0 N–H and O–H groups in total. The summed E-state index contributed by atoms with van der Waals surface area (Å²) in [5, 5.41) is 0. The number of carbonyl (C=O) groups is 1. The van der Waals surface area contributed by atoms with E-state index in [0.717, 1.165) is 36.0 Å². The van der Waals surface area contributed by atoms with E-state index in [1.54, 1.807) is 6.07 Å². The molecule has 1 aliphatic heterocycles. The van der Waals surface area contributed by atoms with E-state index in [0.29, 0.717) is 11.5 Å². The highest BCUT2D eigenvalue weighted by Gasteiger charge is 2.26. The minimum Gasteiger partial charge on any atom is -0.394 e. The van der Waals surface area contributed by atoms with Crippen LogP contribution in [0.4, 0.5) is 4.79 Å². The Labute approximate surface area is 118 Å². The summed E-state index contributed by atoms with van der Waals surface area (Å²) < 4.78 is 10.6. The summed E-state index contributed by atoms with van der Waals surface area (Å²) in [4.78, 5) is 11.8. The fourth-order valence-corrected chi connectivity index (χ4v) is 2.44. The minimum atomic E-state index is -0.667. The number of hydrogen-bond acceptors (Lipinski definition) is 3. The van der Waals surface area contributed by atoms with Crippen molar-refractivity contribution in [3.05, 3.63) is 59.4 Å². The fourth-order valence-electron chi connectivity index (χ4n) is 2.44. The van der Waals surface area contributed by atoms with E-state index < -0.39 is 6.16 Å². The molecule has 0 bridgehead atoms. The highest BCUT2D eigenvalue weighted by atomic mass is 16.7. The number of ether oxygens (including phenoxy) is 2. The molecule has 0 amide bonds. The van der Waals surface area contributed by atoms with Gasteiger partial charge in [-0.2, -0.15) is 0 Å². The number of carbonyl (C=O) groups excluding carboxylic acids is 1. The number of benzene rings is 1. The van der Waals surface area contributed by atoms with Crippen LogP contribution in [-0.2, 0) is 4.74 Å². The summed E-state index contributed by atoms with van der Waals surface area (Å²) in [6.45, 7) is 2.13. The van der Waals surface area contributed by atoms with Gasteiger partial charge in [0, 0.05) is 11.1 Å². The number of hydrogen-bond donors (Lipinski definition) is 0.